The lowest BCUT2D eigenvalue weighted by atomic mass is 9.98. The fourth-order valence-electron chi connectivity index (χ4n) is 2.02. The topological polar surface area (TPSA) is 52.6 Å². The number of amides is 1. The van der Waals surface area contributed by atoms with Gasteiger partial charge in [-0.15, -0.1) is 0 Å². The van der Waals surface area contributed by atoms with Crippen molar-refractivity contribution in [1.82, 2.24) is 10.2 Å². The van der Waals surface area contributed by atoms with Gasteiger partial charge in [0.05, 0.1) is 0 Å². The first-order chi connectivity index (χ1) is 6.67. The van der Waals surface area contributed by atoms with Crippen LogP contribution in [-0.4, -0.2) is 55.9 Å². The minimum Gasteiger partial charge on any atom is -0.396 e. The zero-order valence-corrected chi connectivity index (χ0v) is 8.57. The second-order valence-corrected chi connectivity index (χ2v) is 3.74. The highest BCUT2D eigenvalue weighted by molar-refractivity contribution is 6.57. The van der Waals surface area contributed by atoms with Gasteiger partial charge in [0.2, 0.25) is 7.85 Å². The number of likely N-dealkylation sites (N-methyl/N-ethyl adjacent to an activating group) is 1. The third-order valence-corrected chi connectivity index (χ3v) is 2.79. The molecule has 0 bridgehead atoms. The average molecular weight is 196 g/mol. The van der Waals surface area contributed by atoms with Crippen LogP contribution in [-0.2, 0) is 0 Å². The minimum atomic E-state index is -0.476. The lowest BCUT2D eigenvalue weighted by Gasteiger charge is -2.18. The Morgan fingerprint density at radius 2 is 2.36 bits per heavy atom. The van der Waals surface area contributed by atoms with Crippen molar-refractivity contribution in [2.24, 2.45) is 5.92 Å². The van der Waals surface area contributed by atoms with Gasteiger partial charge >= 0.3 is 0 Å². The van der Waals surface area contributed by atoms with Gasteiger partial charge in [-0.25, -0.2) is 0 Å². The Bertz CT molecular complexity index is 201. The molecule has 0 saturated carbocycles. The Hall–Kier alpha value is -0.545. The number of carbonyl (C=O) groups is 1. The van der Waals surface area contributed by atoms with E-state index < -0.39 is 5.81 Å². The van der Waals surface area contributed by atoms with Crippen LogP contribution < -0.4 is 5.32 Å². The SMILES string of the molecule is [B]C(=O)NC1CN(CC)CC1CCO. The number of nitrogens with one attached hydrogen (secondary N) is 1. The summed E-state index contributed by atoms with van der Waals surface area (Å²) in [4.78, 5) is 13.0. The first-order valence-electron chi connectivity index (χ1n) is 5.06. The molecule has 2 N–H and O–H groups in total. The lowest BCUT2D eigenvalue weighted by Crippen LogP contribution is -2.40. The zero-order valence-electron chi connectivity index (χ0n) is 8.57. The molecule has 0 spiro atoms. The fraction of sp³-hybridized carbons (Fsp3) is 0.889. The van der Waals surface area contributed by atoms with Crippen molar-refractivity contribution in [2.75, 3.05) is 26.2 Å². The summed E-state index contributed by atoms with van der Waals surface area (Å²) in [5.74, 6) is -0.150. The first-order valence-corrected chi connectivity index (χ1v) is 5.06. The molecule has 2 unspecified atom stereocenters. The molecule has 14 heavy (non-hydrogen) atoms. The van der Waals surface area contributed by atoms with Gasteiger partial charge in [-0.2, -0.15) is 0 Å². The summed E-state index contributed by atoms with van der Waals surface area (Å²) in [6.07, 6.45) is 0.724. The molecule has 1 rings (SSSR count). The number of aliphatic hydroxyl groups excluding tert-OH is 1. The van der Waals surface area contributed by atoms with Crippen molar-refractivity contribution in [3.05, 3.63) is 0 Å². The molecule has 4 nitrogen and oxygen atoms in total. The second kappa shape index (κ2) is 5.36. The maximum Gasteiger partial charge on any atom is 0.200 e. The Morgan fingerprint density at radius 3 is 2.86 bits per heavy atom. The molecular weight excluding hydrogens is 179 g/mol. The van der Waals surface area contributed by atoms with Crippen LogP contribution in [0, 0.1) is 5.92 Å². The maximum atomic E-state index is 10.7. The Labute approximate surface area is 86.1 Å². The minimum absolute atomic E-state index is 0.0969. The standard InChI is InChI=1S/C9H17BN2O2/c1-2-12-5-7(3-4-13)8(6-12)11-9(10)14/h7-8,13H,2-6H2,1H3,(H,11,14). The number of nitrogens with zero attached hydrogens (tertiary/aromatic N) is 1. The summed E-state index contributed by atoms with van der Waals surface area (Å²) in [6, 6.07) is 0.0969. The molecule has 1 amide bonds. The molecule has 5 heteroatoms. The third-order valence-electron chi connectivity index (χ3n) is 2.79. The molecule has 1 aliphatic heterocycles. The van der Waals surface area contributed by atoms with E-state index in [-0.39, 0.29) is 12.6 Å². The Kier molecular flexibility index (Phi) is 4.42. The quantitative estimate of drug-likeness (QED) is 0.599. The van der Waals surface area contributed by atoms with E-state index in [9.17, 15) is 4.79 Å². The van der Waals surface area contributed by atoms with Gasteiger partial charge in [-0.3, -0.25) is 4.79 Å². The van der Waals surface area contributed by atoms with Gasteiger partial charge in [0.15, 0.2) is 5.81 Å². The number of likely N-dealkylation sites (tertiary alicyclic amines) is 1. The molecule has 1 heterocycles. The second-order valence-electron chi connectivity index (χ2n) is 3.74. The number of rotatable bonds is 4. The van der Waals surface area contributed by atoms with Gasteiger partial charge in [-0.1, -0.05) is 6.92 Å². The summed E-state index contributed by atoms with van der Waals surface area (Å²) in [5.41, 5.74) is 0. The smallest absolute Gasteiger partial charge is 0.200 e. The molecule has 0 aromatic rings. The molecule has 78 valence electrons. The summed E-state index contributed by atoms with van der Waals surface area (Å²) < 4.78 is 0. The normalized spacial score (nSPS) is 27.9. The molecule has 0 aromatic carbocycles. The van der Waals surface area contributed by atoms with Crippen molar-refractivity contribution >= 4 is 13.7 Å². The van der Waals surface area contributed by atoms with Gasteiger partial charge in [0, 0.05) is 25.7 Å². The van der Waals surface area contributed by atoms with E-state index in [0.717, 1.165) is 26.1 Å². The number of hydrogen-bond acceptors (Lipinski definition) is 3. The van der Waals surface area contributed by atoms with E-state index >= 15 is 0 Å². The van der Waals surface area contributed by atoms with Crippen LogP contribution in [0.2, 0.25) is 0 Å². The summed E-state index contributed by atoms with van der Waals surface area (Å²) in [5, 5.41) is 11.6. The van der Waals surface area contributed by atoms with Crippen LogP contribution in [0.1, 0.15) is 13.3 Å². The average Bonchev–Trinajstić information content (AvgIpc) is 2.48. The predicted molar refractivity (Wildman–Crippen MR) is 55.4 cm³/mol. The van der Waals surface area contributed by atoms with E-state index in [1.165, 1.54) is 0 Å². The molecular formula is C9H17BN2O2. The first kappa shape index (κ1) is 11.5. The van der Waals surface area contributed by atoms with E-state index in [1.807, 2.05) is 0 Å². The molecule has 2 atom stereocenters. The highest BCUT2D eigenvalue weighted by atomic mass is 16.3. The van der Waals surface area contributed by atoms with E-state index in [4.69, 9.17) is 13.0 Å². The molecule has 0 aromatic heterocycles. The lowest BCUT2D eigenvalue weighted by molar-refractivity contribution is 0.237. The van der Waals surface area contributed by atoms with Crippen LogP contribution >= 0.6 is 0 Å². The van der Waals surface area contributed by atoms with Crippen LogP contribution in [0.25, 0.3) is 0 Å². The van der Waals surface area contributed by atoms with E-state index in [2.05, 4.69) is 17.1 Å². The monoisotopic (exact) mass is 196 g/mol. The maximum absolute atomic E-state index is 10.7. The Balaban J connectivity index is 2.48. The largest absolute Gasteiger partial charge is 0.396 e. The number of carbonyl (C=O) groups excluding carboxylic acids is 1. The number of aliphatic hydroxyl groups is 1. The van der Waals surface area contributed by atoms with Crippen LogP contribution in [0.5, 0.6) is 0 Å². The van der Waals surface area contributed by atoms with Gasteiger partial charge in [-0.05, 0) is 18.9 Å². The summed E-state index contributed by atoms with van der Waals surface area (Å²) >= 11 is 0. The van der Waals surface area contributed by atoms with Crippen molar-refractivity contribution in [2.45, 2.75) is 19.4 Å². The van der Waals surface area contributed by atoms with Crippen molar-refractivity contribution in [3.63, 3.8) is 0 Å². The highest BCUT2D eigenvalue weighted by Gasteiger charge is 2.31. The Morgan fingerprint density at radius 1 is 1.64 bits per heavy atom. The van der Waals surface area contributed by atoms with Crippen molar-refractivity contribution < 1.29 is 9.90 Å². The van der Waals surface area contributed by atoms with Crippen LogP contribution in [0.15, 0.2) is 0 Å². The molecule has 0 aliphatic carbocycles. The van der Waals surface area contributed by atoms with Gasteiger partial charge < -0.3 is 15.3 Å². The predicted octanol–water partition coefficient (Wildman–Crippen LogP) is -0.433. The van der Waals surface area contributed by atoms with Crippen LogP contribution in [0.4, 0.5) is 4.79 Å². The highest BCUT2D eigenvalue weighted by Crippen LogP contribution is 2.19. The van der Waals surface area contributed by atoms with Crippen molar-refractivity contribution in [1.29, 1.82) is 0 Å². The van der Waals surface area contributed by atoms with E-state index in [0.29, 0.717) is 5.92 Å². The third kappa shape index (κ3) is 2.99. The molecule has 1 saturated heterocycles. The molecule has 2 radical (unpaired) electrons. The van der Waals surface area contributed by atoms with Crippen molar-refractivity contribution in [3.8, 4) is 0 Å². The van der Waals surface area contributed by atoms with Gasteiger partial charge in [0.25, 0.3) is 0 Å². The van der Waals surface area contributed by atoms with E-state index in [1.54, 1.807) is 0 Å². The zero-order chi connectivity index (χ0) is 10.6. The van der Waals surface area contributed by atoms with Crippen LogP contribution in [0.3, 0.4) is 0 Å². The molecule has 1 aliphatic rings. The summed E-state index contributed by atoms with van der Waals surface area (Å²) in [6.45, 7) is 4.99. The van der Waals surface area contributed by atoms with Gasteiger partial charge in [0.1, 0.15) is 0 Å². The number of hydrogen-bond donors (Lipinski definition) is 2. The molecule has 1 fully saturated rings. The fourth-order valence-corrected chi connectivity index (χ4v) is 2.02. The summed E-state index contributed by atoms with van der Waals surface area (Å²) in [7, 11) is 5.09.